The van der Waals surface area contributed by atoms with Gasteiger partial charge in [0.15, 0.2) is 0 Å². The van der Waals surface area contributed by atoms with Crippen molar-refractivity contribution in [2.75, 3.05) is 20.3 Å². The molecule has 47 heavy (non-hydrogen) atoms. The van der Waals surface area contributed by atoms with Gasteiger partial charge in [-0.05, 0) is 86.7 Å². The molecule has 2 N–H and O–H groups in total. The zero-order chi connectivity index (χ0) is 33.7. The van der Waals surface area contributed by atoms with E-state index in [4.69, 9.17) is 18.8 Å². The largest absolute Gasteiger partial charge is 0.508 e. The lowest BCUT2D eigenvalue weighted by atomic mass is 9.84. The first kappa shape index (κ1) is 34.1. The minimum Gasteiger partial charge on any atom is -0.508 e. The zero-order valence-electron chi connectivity index (χ0n) is 27.2. The van der Waals surface area contributed by atoms with E-state index in [0.29, 0.717) is 23.4 Å². The Morgan fingerprint density at radius 2 is 1.85 bits per heavy atom. The van der Waals surface area contributed by atoms with Crippen LogP contribution in [-0.2, 0) is 32.9 Å². The van der Waals surface area contributed by atoms with Gasteiger partial charge < -0.3 is 23.9 Å². The minimum atomic E-state index is -4.18. The number of phenols is 1. The van der Waals surface area contributed by atoms with E-state index >= 15 is 0 Å². The predicted octanol–water partition coefficient (Wildman–Crippen LogP) is 5.29. The third kappa shape index (κ3) is 7.37. The molecule has 4 aromatic rings. The average Bonchev–Trinajstić information content (AvgIpc) is 3.47. The number of aromatic hydroxyl groups is 1. The molecule has 0 amide bonds. The second kappa shape index (κ2) is 14.7. The lowest BCUT2D eigenvalue weighted by Gasteiger charge is -2.33. The van der Waals surface area contributed by atoms with Crippen molar-refractivity contribution in [1.29, 1.82) is 0 Å². The number of carbonyl (C=O) groups excluding carboxylic acids is 1. The van der Waals surface area contributed by atoms with Gasteiger partial charge in [-0.3, -0.25) is 4.79 Å². The van der Waals surface area contributed by atoms with Gasteiger partial charge in [0.25, 0.3) is 0 Å². The molecule has 0 bridgehead atoms. The summed E-state index contributed by atoms with van der Waals surface area (Å²) in [7, 11) is -2.66. The number of aliphatic hydroxyl groups is 1. The molecule has 5 rings (SSSR count). The van der Waals surface area contributed by atoms with Crippen LogP contribution in [0, 0.1) is 6.92 Å². The molecule has 2 heterocycles. The molecule has 0 saturated carbocycles. The number of hydrogen-bond acceptors (Lipinski definition) is 10. The molecule has 1 aromatic heterocycles. The molecule has 2 atom stereocenters. The first-order chi connectivity index (χ1) is 22.6. The van der Waals surface area contributed by atoms with E-state index in [-0.39, 0.29) is 43.6 Å². The van der Waals surface area contributed by atoms with Crippen LogP contribution in [0.15, 0.2) is 48.5 Å². The third-order valence-corrected chi connectivity index (χ3v) is 10.1. The molecule has 0 spiro atoms. The van der Waals surface area contributed by atoms with Crippen LogP contribution in [0.5, 0.6) is 17.2 Å². The molecule has 1 aliphatic rings. The van der Waals surface area contributed by atoms with Crippen molar-refractivity contribution in [2.24, 2.45) is 0 Å². The highest BCUT2D eigenvalue weighted by atomic mass is 32.2. The molecule has 3 aromatic carbocycles. The monoisotopic (exact) mass is 666 g/mol. The Morgan fingerprint density at radius 1 is 1.06 bits per heavy atom. The zero-order valence-corrected chi connectivity index (χ0v) is 28.0. The highest BCUT2D eigenvalue weighted by Crippen LogP contribution is 2.41. The molecule has 1 unspecified atom stereocenters. The third-order valence-electron chi connectivity index (χ3n) is 8.70. The van der Waals surface area contributed by atoms with Gasteiger partial charge >= 0.3 is 16.3 Å². The van der Waals surface area contributed by atoms with Crippen molar-refractivity contribution in [1.82, 2.24) is 19.3 Å². The number of nitrogens with zero attached hydrogens (tertiary/aromatic N) is 4. The standard InChI is InChI=1S/C34H42N4O8S/c1-5-45-33(41)20-29(27-12-13-30-34(22(27)2)35-36-37(30)16-8-6-7-9-17-39)24-10-14-32(44-4)28(19-24)23(3)38-21-25-18-26(40)11-15-31(25)46-47(38,42)43/h10-15,18-19,23,29,39-40H,5-9,16-17,20-21H2,1-4H3/t23-,29?/m1/s1. The van der Waals surface area contributed by atoms with E-state index in [2.05, 4.69) is 10.3 Å². The first-order valence-corrected chi connectivity index (χ1v) is 17.2. The fourth-order valence-electron chi connectivity index (χ4n) is 6.21. The van der Waals surface area contributed by atoms with Gasteiger partial charge in [-0.25, -0.2) is 4.68 Å². The number of phenolic OH excluding ortho intramolecular Hbond substituents is 1. The molecule has 1 aliphatic heterocycles. The number of esters is 1. The van der Waals surface area contributed by atoms with E-state index in [1.807, 2.05) is 35.9 Å². The number of aromatic nitrogens is 3. The van der Waals surface area contributed by atoms with Crippen molar-refractivity contribution >= 4 is 27.3 Å². The van der Waals surface area contributed by atoms with Crippen molar-refractivity contribution < 1.29 is 37.1 Å². The SMILES string of the molecule is CCOC(=O)CC(c1ccc(OC)c([C@@H](C)N2Cc3cc(O)ccc3OS2(=O)=O)c1)c1ccc2c(nnn2CCCCCCO)c1C. The van der Waals surface area contributed by atoms with Crippen molar-refractivity contribution in [2.45, 2.75) is 77.9 Å². The van der Waals surface area contributed by atoms with Crippen LogP contribution in [0.4, 0.5) is 0 Å². The fourth-order valence-corrected chi connectivity index (χ4v) is 7.49. The minimum absolute atomic E-state index is 0.00561. The summed E-state index contributed by atoms with van der Waals surface area (Å²) in [5, 5.41) is 28.0. The summed E-state index contributed by atoms with van der Waals surface area (Å²) >= 11 is 0. The Balaban J connectivity index is 1.52. The molecule has 252 valence electrons. The highest BCUT2D eigenvalue weighted by molar-refractivity contribution is 7.84. The van der Waals surface area contributed by atoms with Crippen LogP contribution in [0.3, 0.4) is 0 Å². The van der Waals surface area contributed by atoms with Gasteiger partial charge in [-0.2, -0.15) is 12.7 Å². The molecule has 13 heteroatoms. The summed E-state index contributed by atoms with van der Waals surface area (Å²) in [5.41, 5.74) is 5.29. The van der Waals surface area contributed by atoms with Gasteiger partial charge in [0.1, 0.15) is 22.8 Å². The van der Waals surface area contributed by atoms with E-state index in [1.54, 1.807) is 19.9 Å². The predicted molar refractivity (Wildman–Crippen MR) is 176 cm³/mol. The fraction of sp³-hybridized carbons (Fsp3) is 0.441. The Labute approximate surface area is 275 Å². The van der Waals surface area contributed by atoms with E-state index in [0.717, 1.165) is 53.4 Å². The quantitative estimate of drug-likeness (QED) is 0.134. The number of benzene rings is 3. The Kier molecular flexibility index (Phi) is 10.7. The number of aliphatic hydroxyl groups excluding tert-OH is 1. The summed E-state index contributed by atoms with van der Waals surface area (Å²) < 4.78 is 46.1. The van der Waals surface area contributed by atoms with Crippen molar-refractivity contribution in [3.63, 3.8) is 0 Å². The molecule has 0 saturated heterocycles. The smallest absolute Gasteiger partial charge is 0.386 e. The van der Waals surface area contributed by atoms with Crippen LogP contribution in [0.25, 0.3) is 11.0 Å². The average molecular weight is 667 g/mol. The maximum absolute atomic E-state index is 13.3. The Bertz CT molecular complexity index is 1840. The number of carbonyl (C=O) groups is 1. The maximum atomic E-state index is 13.3. The summed E-state index contributed by atoms with van der Waals surface area (Å²) in [4.78, 5) is 13.0. The number of methoxy groups -OCH3 is 1. The topological polar surface area (TPSA) is 153 Å². The second-order valence-corrected chi connectivity index (χ2v) is 13.2. The van der Waals surface area contributed by atoms with Gasteiger partial charge in [0, 0.05) is 36.7 Å². The summed E-state index contributed by atoms with van der Waals surface area (Å²) in [5.74, 6) is -0.151. The van der Waals surface area contributed by atoms with Gasteiger partial charge in [0.2, 0.25) is 0 Å². The van der Waals surface area contributed by atoms with E-state index in [9.17, 15) is 18.3 Å². The highest BCUT2D eigenvalue weighted by Gasteiger charge is 2.37. The molecular formula is C34H42N4O8S. The van der Waals surface area contributed by atoms with E-state index in [1.165, 1.54) is 29.6 Å². The van der Waals surface area contributed by atoms with Gasteiger partial charge in [-0.1, -0.05) is 30.2 Å². The van der Waals surface area contributed by atoms with Crippen LogP contribution in [0.2, 0.25) is 0 Å². The number of unbranched alkanes of at least 4 members (excludes halogenated alkanes) is 3. The molecular weight excluding hydrogens is 624 g/mol. The summed E-state index contributed by atoms with van der Waals surface area (Å²) in [6.45, 7) is 6.61. The van der Waals surface area contributed by atoms with Crippen LogP contribution < -0.4 is 8.92 Å². The first-order valence-electron chi connectivity index (χ1n) is 15.9. The van der Waals surface area contributed by atoms with Crippen LogP contribution in [0.1, 0.15) is 85.7 Å². The normalized spacial score (nSPS) is 15.5. The number of rotatable bonds is 14. The number of ether oxygens (including phenoxy) is 2. The molecule has 0 radical (unpaired) electrons. The number of aryl methyl sites for hydroxylation is 2. The number of hydrogen-bond donors (Lipinski definition) is 2. The lowest BCUT2D eigenvalue weighted by Crippen LogP contribution is -2.39. The summed E-state index contributed by atoms with van der Waals surface area (Å²) in [6, 6.07) is 13.1. The molecule has 0 aliphatic carbocycles. The summed E-state index contributed by atoms with van der Waals surface area (Å²) in [6.07, 6.45) is 3.70. The lowest BCUT2D eigenvalue weighted by molar-refractivity contribution is -0.143. The van der Waals surface area contributed by atoms with Crippen LogP contribution in [-0.4, -0.2) is 64.2 Å². The second-order valence-electron chi connectivity index (χ2n) is 11.7. The van der Waals surface area contributed by atoms with Gasteiger partial charge in [0.05, 0.1) is 31.7 Å². The number of fused-ring (bicyclic) bond motifs is 2. The maximum Gasteiger partial charge on any atom is 0.386 e. The van der Waals surface area contributed by atoms with E-state index < -0.39 is 22.3 Å². The molecule has 12 nitrogen and oxygen atoms in total. The van der Waals surface area contributed by atoms with Gasteiger partial charge in [-0.15, -0.1) is 5.10 Å². The Morgan fingerprint density at radius 3 is 2.60 bits per heavy atom. The Hall–Kier alpha value is -4.20. The van der Waals surface area contributed by atoms with Crippen LogP contribution >= 0.6 is 0 Å². The van der Waals surface area contributed by atoms with Crippen molar-refractivity contribution in [3.8, 4) is 17.2 Å². The van der Waals surface area contributed by atoms with Crippen molar-refractivity contribution in [3.05, 3.63) is 76.3 Å². The molecule has 0 fully saturated rings.